The minimum atomic E-state index is 0.567. The SMILES string of the molecule is c1ccc(COCCN2CCC[C@]3(CCNC3)C2)cc1. The van der Waals surface area contributed by atoms with Gasteiger partial charge in [0.1, 0.15) is 0 Å². The highest BCUT2D eigenvalue weighted by atomic mass is 16.5. The van der Waals surface area contributed by atoms with Crippen molar-refractivity contribution in [2.45, 2.75) is 25.9 Å². The van der Waals surface area contributed by atoms with Crippen molar-refractivity contribution in [1.82, 2.24) is 10.2 Å². The van der Waals surface area contributed by atoms with E-state index >= 15 is 0 Å². The molecule has 2 fully saturated rings. The molecule has 2 saturated heterocycles. The maximum atomic E-state index is 5.82. The van der Waals surface area contributed by atoms with Crippen molar-refractivity contribution in [2.24, 2.45) is 5.41 Å². The van der Waals surface area contributed by atoms with Gasteiger partial charge in [-0.1, -0.05) is 30.3 Å². The third-order valence-electron chi connectivity index (χ3n) is 4.74. The van der Waals surface area contributed by atoms with Crippen molar-refractivity contribution in [3.05, 3.63) is 35.9 Å². The topological polar surface area (TPSA) is 24.5 Å². The summed E-state index contributed by atoms with van der Waals surface area (Å²) in [4.78, 5) is 2.60. The molecule has 0 unspecified atom stereocenters. The Bertz CT molecular complexity index is 401. The first-order valence-corrected chi connectivity index (χ1v) is 7.91. The second kappa shape index (κ2) is 6.70. The second-order valence-corrected chi connectivity index (χ2v) is 6.34. The quantitative estimate of drug-likeness (QED) is 0.834. The van der Waals surface area contributed by atoms with E-state index in [1.54, 1.807) is 0 Å². The molecular formula is C17H26N2O. The molecule has 1 aromatic carbocycles. The number of nitrogens with zero attached hydrogens (tertiary/aromatic N) is 1. The summed E-state index contributed by atoms with van der Waals surface area (Å²) in [5.41, 5.74) is 1.83. The highest BCUT2D eigenvalue weighted by Gasteiger charge is 2.37. The summed E-state index contributed by atoms with van der Waals surface area (Å²) in [6, 6.07) is 10.4. The molecule has 2 aliphatic heterocycles. The molecule has 3 nitrogen and oxygen atoms in total. The van der Waals surface area contributed by atoms with E-state index in [1.807, 2.05) is 6.07 Å². The number of piperidine rings is 1. The monoisotopic (exact) mass is 274 g/mol. The predicted octanol–water partition coefficient (Wildman–Crippen LogP) is 2.28. The van der Waals surface area contributed by atoms with Gasteiger partial charge in [0.25, 0.3) is 0 Å². The van der Waals surface area contributed by atoms with E-state index in [0.29, 0.717) is 5.41 Å². The average molecular weight is 274 g/mol. The van der Waals surface area contributed by atoms with Crippen LogP contribution in [0.4, 0.5) is 0 Å². The molecule has 1 spiro atoms. The molecule has 2 aliphatic rings. The van der Waals surface area contributed by atoms with E-state index in [0.717, 1.165) is 19.8 Å². The summed E-state index contributed by atoms with van der Waals surface area (Å²) in [7, 11) is 0. The van der Waals surface area contributed by atoms with Gasteiger partial charge in [-0.2, -0.15) is 0 Å². The van der Waals surface area contributed by atoms with Crippen LogP contribution in [-0.2, 0) is 11.3 Å². The molecule has 0 radical (unpaired) electrons. The molecular weight excluding hydrogens is 248 g/mol. The van der Waals surface area contributed by atoms with Gasteiger partial charge in [0.05, 0.1) is 13.2 Å². The first-order chi connectivity index (χ1) is 9.86. The van der Waals surface area contributed by atoms with E-state index < -0.39 is 0 Å². The van der Waals surface area contributed by atoms with Crippen LogP contribution in [0.25, 0.3) is 0 Å². The summed E-state index contributed by atoms with van der Waals surface area (Å²) in [6.07, 6.45) is 4.11. The fraction of sp³-hybridized carbons (Fsp3) is 0.647. The van der Waals surface area contributed by atoms with Crippen molar-refractivity contribution in [2.75, 3.05) is 39.3 Å². The molecule has 20 heavy (non-hydrogen) atoms. The summed E-state index contributed by atoms with van der Waals surface area (Å²) in [6.45, 7) is 7.59. The summed E-state index contributed by atoms with van der Waals surface area (Å²) < 4.78 is 5.82. The standard InChI is InChI=1S/C17H26N2O/c1-2-5-16(6-3-1)13-20-12-11-19-10-4-7-17(15-19)8-9-18-14-17/h1-3,5-6,18H,4,7-15H2/t17-/m1/s1. The molecule has 0 saturated carbocycles. The van der Waals surface area contributed by atoms with Gasteiger partial charge in [0.15, 0.2) is 0 Å². The molecule has 1 aromatic rings. The fourth-order valence-corrected chi connectivity index (χ4v) is 3.60. The third-order valence-corrected chi connectivity index (χ3v) is 4.74. The van der Waals surface area contributed by atoms with E-state index in [1.165, 1.54) is 51.0 Å². The van der Waals surface area contributed by atoms with Crippen LogP contribution in [0.3, 0.4) is 0 Å². The van der Waals surface area contributed by atoms with Crippen LogP contribution in [0.15, 0.2) is 30.3 Å². The number of rotatable bonds is 5. The van der Waals surface area contributed by atoms with Gasteiger partial charge >= 0.3 is 0 Å². The Morgan fingerprint density at radius 1 is 1.20 bits per heavy atom. The average Bonchev–Trinajstić information content (AvgIpc) is 2.93. The number of ether oxygens (including phenoxy) is 1. The van der Waals surface area contributed by atoms with E-state index in [4.69, 9.17) is 4.74 Å². The van der Waals surface area contributed by atoms with Gasteiger partial charge in [-0.15, -0.1) is 0 Å². The van der Waals surface area contributed by atoms with Crippen molar-refractivity contribution in [1.29, 1.82) is 0 Å². The maximum absolute atomic E-state index is 5.82. The lowest BCUT2D eigenvalue weighted by atomic mass is 9.79. The summed E-state index contributed by atoms with van der Waals surface area (Å²) in [5.74, 6) is 0. The van der Waals surface area contributed by atoms with Crippen molar-refractivity contribution >= 4 is 0 Å². The lowest BCUT2D eigenvalue weighted by molar-refractivity contribution is 0.0531. The molecule has 0 bridgehead atoms. The molecule has 110 valence electrons. The van der Waals surface area contributed by atoms with Gasteiger partial charge in [0, 0.05) is 19.6 Å². The Labute approximate surface area is 122 Å². The Morgan fingerprint density at radius 3 is 2.90 bits per heavy atom. The van der Waals surface area contributed by atoms with E-state index in [2.05, 4.69) is 34.5 Å². The predicted molar refractivity (Wildman–Crippen MR) is 81.7 cm³/mol. The van der Waals surface area contributed by atoms with Gasteiger partial charge in [-0.3, -0.25) is 0 Å². The Hall–Kier alpha value is -0.900. The van der Waals surface area contributed by atoms with Gasteiger partial charge in [-0.05, 0) is 43.3 Å². The zero-order valence-electron chi connectivity index (χ0n) is 12.3. The highest BCUT2D eigenvalue weighted by molar-refractivity contribution is 5.13. The fourth-order valence-electron chi connectivity index (χ4n) is 3.60. The van der Waals surface area contributed by atoms with E-state index in [-0.39, 0.29) is 0 Å². The normalized spacial score (nSPS) is 27.2. The number of hydrogen-bond acceptors (Lipinski definition) is 3. The van der Waals surface area contributed by atoms with Crippen LogP contribution in [0.5, 0.6) is 0 Å². The number of nitrogens with one attached hydrogen (secondary N) is 1. The second-order valence-electron chi connectivity index (χ2n) is 6.34. The molecule has 0 amide bonds. The van der Waals surface area contributed by atoms with Gasteiger partial charge < -0.3 is 15.0 Å². The van der Waals surface area contributed by atoms with Crippen LogP contribution in [0.2, 0.25) is 0 Å². The maximum Gasteiger partial charge on any atom is 0.0717 e. The lowest BCUT2D eigenvalue weighted by Crippen LogP contribution is -2.45. The van der Waals surface area contributed by atoms with Crippen LogP contribution in [0.1, 0.15) is 24.8 Å². The number of hydrogen-bond donors (Lipinski definition) is 1. The minimum absolute atomic E-state index is 0.567. The van der Waals surface area contributed by atoms with E-state index in [9.17, 15) is 0 Å². The number of benzene rings is 1. The Balaban J connectivity index is 1.38. The largest absolute Gasteiger partial charge is 0.375 e. The van der Waals surface area contributed by atoms with Gasteiger partial charge in [0.2, 0.25) is 0 Å². The Kier molecular flexibility index (Phi) is 4.71. The minimum Gasteiger partial charge on any atom is -0.375 e. The molecule has 3 rings (SSSR count). The Morgan fingerprint density at radius 2 is 2.10 bits per heavy atom. The van der Waals surface area contributed by atoms with Crippen LogP contribution >= 0.6 is 0 Å². The van der Waals surface area contributed by atoms with Gasteiger partial charge in [-0.25, -0.2) is 0 Å². The molecule has 2 heterocycles. The van der Waals surface area contributed by atoms with Crippen LogP contribution < -0.4 is 5.32 Å². The molecule has 1 atom stereocenters. The third kappa shape index (κ3) is 3.60. The highest BCUT2D eigenvalue weighted by Crippen LogP contribution is 2.35. The zero-order chi connectivity index (χ0) is 13.7. The molecule has 1 N–H and O–H groups in total. The van der Waals surface area contributed by atoms with Crippen LogP contribution in [-0.4, -0.2) is 44.2 Å². The zero-order valence-corrected chi connectivity index (χ0v) is 12.3. The summed E-state index contributed by atoms with van der Waals surface area (Å²) >= 11 is 0. The first kappa shape index (κ1) is 14.1. The lowest BCUT2D eigenvalue weighted by Gasteiger charge is -2.40. The smallest absolute Gasteiger partial charge is 0.0717 e. The van der Waals surface area contributed by atoms with Crippen LogP contribution in [0, 0.1) is 5.41 Å². The summed E-state index contributed by atoms with van der Waals surface area (Å²) in [5, 5.41) is 3.53. The first-order valence-electron chi connectivity index (χ1n) is 7.91. The molecule has 3 heteroatoms. The molecule has 0 aromatic heterocycles. The molecule has 0 aliphatic carbocycles. The van der Waals surface area contributed by atoms with Crippen molar-refractivity contribution in [3.63, 3.8) is 0 Å². The van der Waals surface area contributed by atoms with Crippen molar-refractivity contribution < 1.29 is 4.74 Å². The number of likely N-dealkylation sites (tertiary alicyclic amines) is 1. The van der Waals surface area contributed by atoms with Crippen molar-refractivity contribution in [3.8, 4) is 0 Å².